The molecule has 0 radical (unpaired) electrons. The highest BCUT2D eigenvalue weighted by Crippen LogP contribution is 2.28. The van der Waals surface area contributed by atoms with Gasteiger partial charge in [-0.2, -0.15) is 0 Å². The molecule has 0 bridgehead atoms. The summed E-state index contributed by atoms with van der Waals surface area (Å²) in [5.74, 6) is -0.972. The lowest BCUT2D eigenvalue weighted by molar-refractivity contribution is 0.415. The predicted octanol–water partition coefficient (Wildman–Crippen LogP) is 4.68. The maximum atomic E-state index is 14.2. The number of aryl methyl sites for hydroxylation is 1. The molecule has 0 unspecified atom stereocenters. The van der Waals surface area contributed by atoms with Gasteiger partial charge in [0.2, 0.25) is 0 Å². The molecular weight excluding hydrogens is 384 g/mol. The summed E-state index contributed by atoms with van der Waals surface area (Å²) in [5, 5.41) is 0. The van der Waals surface area contributed by atoms with E-state index >= 15 is 0 Å². The van der Waals surface area contributed by atoms with Crippen LogP contribution in [0.3, 0.4) is 0 Å². The number of ether oxygens (including phenoxy) is 1. The van der Waals surface area contributed by atoms with Gasteiger partial charge in [-0.1, -0.05) is 23.8 Å². The highest BCUT2D eigenvalue weighted by atomic mass is 32.2. The third-order valence-electron chi connectivity index (χ3n) is 4.30. The van der Waals surface area contributed by atoms with E-state index in [1.807, 2.05) is 6.92 Å². The molecule has 7 heteroatoms. The van der Waals surface area contributed by atoms with Crippen LogP contribution in [0.5, 0.6) is 5.75 Å². The molecule has 0 amide bonds. The van der Waals surface area contributed by atoms with Gasteiger partial charge in [-0.05, 0) is 49.4 Å². The van der Waals surface area contributed by atoms with Crippen LogP contribution in [0.2, 0.25) is 0 Å². The van der Waals surface area contributed by atoms with E-state index in [0.717, 1.165) is 22.0 Å². The first-order chi connectivity index (χ1) is 13.3. The van der Waals surface area contributed by atoms with Gasteiger partial charge in [0.25, 0.3) is 10.0 Å². The smallest absolute Gasteiger partial charge is 0.264 e. The molecule has 0 spiro atoms. The monoisotopic (exact) mass is 403 g/mol. The number of hydrogen-bond donors (Lipinski definition) is 0. The minimum atomic E-state index is -3.98. The molecule has 0 aliphatic carbocycles. The number of rotatable bonds is 6. The summed E-state index contributed by atoms with van der Waals surface area (Å²) in [7, 11) is -2.48. The molecule has 0 aliphatic rings. The van der Waals surface area contributed by atoms with E-state index in [1.165, 1.54) is 25.3 Å². The average Bonchev–Trinajstić information content (AvgIpc) is 2.68. The lowest BCUT2D eigenvalue weighted by Gasteiger charge is -2.25. The van der Waals surface area contributed by atoms with Crippen LogP contribution in [0.4, 0.5) is 14.5 Å². The van der Waals surface area contributed by atoms with E-state index in [2.05, 4.69) is 0 Å². The number of nitrogens with zero attached hydrogens (tertiary/aromatic N) is 1. The zero-order chi connectivity index (χ0) is 20.3. The van der Waals surface area contributed by atoms with Crippen molar-refractivity contribution in [2.75, 3.05) is 11.4 Å². The third-order valence-corrected chi connectivity index (χ3v) is 6.09. The van der Waals surface area contributed by atoms with Crippen LogP contribution in [-0.2, 0) is 16.6 Å². The molecule has 0 N–H and O–H groups in total. The van der Waals surface area contributed by atoms with Crippen molar-refractivity contribution < 1.29 is 21.9 Å². The van der Waals surface area contributed by atoms with Crippen LogP contribution in [0, 0.1) is 18.6 Å². The third kappa shape index (κ3) is 4.14. The summed E-state index contributed by atoms with van der Waals surface area (Å²) in [4.78, 5) is 0.0800. The second-order valence-corrected chi connectivity index (χ2v) is 8.12. The van der Waals surface area contributed by atoms with Gasteiger partial charge in [-0.3, -0.25) is 4.31 Å². The summed E-state index contributed by atoms with van der Waals surface area (Å²) in [5.41, 5.74) is 1.32. The van der Waals surface area contributed by atoms with Crippen molar-refractivity contribution in [2.24, 2.45) is 0 Å². The average molecular weight is 403 g/mol. The molecule has 146 valence electrons. The van der Waals surface area contributed by atoms with Crippen LogP contribution in [-0.4, -0.2) is 15.5 Å². The SMILES string of the molecule is COc1ccc(N(Cc2ccc(F)cc2F)S(=O)(=O)c2ccc(C)cc2)cc1. The Hall–Kier alpha value is -2.93. The Labute approximate surface area is 163 Å². The molecule has 0 aromatic heterocycles. The van der Waals surface area contributed by atoms with Crippen LogP contribution < -0.4 is 9.04 Å². The molecule has 0 fully saturated rings. The molecule has 0 aliphatic heterocycles. The Balaban J connectivity index is 2.08. The van der Waals surface area contributed by atoms with Gasteiger partial charge in [-0.15, -0.1) is 0 Å². The molecule has 28 heavy (non-hydrogen) atoms. The Morgan fingerprint density at radius 3 is 2.14 bits per heavy atom. The normalized spacial score (nSPS) is 11.3. The van der Waals surface area contributed by atoms with Crippen LogP contribution >= 0.6 is 0 Å². The van der Waals surface area contributed by atoms with Crippen LogP contribution in [0.1, 0.15) is 11.1 Å². The van der Waals surface area contributed by atoms with Crippen molar-refractivity contribution in [3.05, 3.63) is 89.5 Å². The fourth-order valence-electron chi connectivity index (χ4n) is 2.71. The maximum Gasteiger partial charge on any atom is 0.264 e. The van der Waals surface area contributed by atoms with Crippen molar-refractivity contribution in [1.29, 1.82) is 0 Å². The number of anilines is 1. The summed E-state index contributed by atoms with van der Waals surface area (Å²) in [6.45, 7) is 1.57. The lowest BCUT2D eigenvalue weighted by atomic mass is 10.2. The Kier molecular flexibility index (Phi) is 5.65. The predicted molar refractivity (Wildman–Crippen MR) is 104 cm³/mol. The van der Waals surface area contributed by atoms with Crippen molar-refractivity contribution in [3.8, 4) is 5.75 Å². The molecule has 4 nitrogen and oxygen atoms in total. The highest BCUT2D eigenvalue weighted by molar-refractivity contribution is 7.92. The molecule has 3 aromatic rings. The van der Waals surface area contributed by atoms with E-state index in [4.69, 9.17) is 4.74 Å². The summed E-state index contributed by atoms with van der Waals surface area (Å²) < 4.78 is 60.2. The first-order valence-electron chi connectivity index (χ1n) is 8.48. The molecule has 3 rings (SSSR count). The summed E-state index contributed by atoms with van der Waals surface area (Å²) in [6, 6.07) is 15.9. The Morgan fingerprint density at radius 1 is 0.929 bits per heavy atom. The Bertz CT molecular complexity index is 1070. The van der Waals surface area contributed by atoms with Gasteiger partial charge in [-0.25, -0.2) is 17.2 Å². The van der Waals surface area contributed by atoms with E-state index in [-0.39, 0.29) is 17.0 Å². The largest absolute Gasteiger partial charge is 0.497 e. The van der Waals surface area contributed by atoms with E-state index in [1.54, 1.807) is 36.4 Å². The summed E-state index contributed by atoms with van der Waals surface area (Å²) in [6.07, 6.45) is 0. The van der Waals surface area contributed by atoms with E-state index in [9.17, 15) is 17.2 Å². The van der Waals surface area contributed by atoms with Crippen molar-refractivity contribution in [1.82, 2.24) is 0 Å². The van der Waals surface area contributed by atoms with Gasteiger partial charge >= 0.3 is 0 Å². The van der Waals surface area contributed by atoms with Crippen LogP contribution in [0.25, 0.3) is 0 Å². The number of methoxy groups -OCH3 is 1. The van der Waals surface area contributed by atoms with Gasteiger partial charge in [0.1, 0.15) is 17.4 Å². The minimum absolute atomic E-state index is 0.0629. The van der Waals surface area contributed by atoms with E-state index < -0.39 is 21.7 Å². The Morgan fingerprint density at radius 2 is 1.57 bits per heavy atom. The second-order valence-electron chi connectivity index (χ2n) is 6.26. The first-order valence-corrected chi connectivity index (χ1v) is 9.92. The van der Waals surface area contributed by atoms with E-state index in [0.29, 0.717) is 11.4 Å². The molecule has 3 aromatic carbocycles. The zero-order valence-corrected chi connectivity index (χ0v) is 16.2. The van der Waals surface area contributed by atoms with Gasteiger partial charge in [0.05, 0.1) is 24.2 Å². The maximum absolute atomic E-state index is 14.2. The number of sulfonamides is 1. The highest BCUT2D eigenvalue weighted by Gasteiger charge is 2.26. The molecular formula is C21H19F2NO3S. The zero-order valence-electron chi connectivity index (χ0n) is 15.4. The number of benzene rings is 3. The molecule has 0 heterocycles. The van der Waals surface area contributed by atoms with Crippen LogP contribution in [0.15, 0.2) is 71.6 Å². The standard InChI is InChI=1S/C21H19F2NO3S/c1-15-3-11-20(12-4-15)28(25,26)24(18-7-9-19(27-2)10-8-18)14-16-5-6-17(22)13-21(16)23/h3-13H,14H2,1-2H3. The lowest BCUT2D eigenvalue weighted by Crippen LogP contribution is -2.31. The van der Waals surface area contributed by atoms with Gasteiger partial charge < -0.3 is 4.74 Å². The number of halogens is 2. The van der Waals surface area contributed by atoms with Gasteiger partial charge in [0.15, 0.2) is 0 Å². The van der Waals surface area contributed by atoms with Gasteiger partial charge in [0, 0.05) is 11.6 Å². The topological polar surface area (TPSA) is 46.6 Å². The summed E-state index contributed by atoms with van der Waals surface area (Å²) >= 11 is 0. The number of hydrogen-bond acceptors (Lipinski definition) is 3. The van der Waals surface area contributed by atoms with Crippen molar-refractivity contribution >= 4 is 15.7 Å². The first kappa shape index (κ1) is 19.8. The van der Waals surface area contributed by atoms with Crippen molar-refractivity contribution in [3.63, 3.8) is 0 Å². The molecule has 0 saturated carbocycles. The fourth-order valence-corrected chi connectivity index (χ4v) is 4.15. The fraction of sp³-hybridized carbons (Fsp3) is 0.143. The quantitative estimate of drug-likeness (QED) is 0.601. The minimum Gasteiger partial charge on any atom is -0.497 e. The van der Waals surface area contributed by atoms with Crippen molar-refractivity contribution in [2.45, 2.75) is 18.4 Å². The molecule has 0 saturated heterocycles. The second kappa shape index (κ2) is 7.98. The molecule has 0 atom stereocenters.